The molecule has 1 fully saturated rings. The number of aliphatic carboxylic acids is 1. The van der Waals surface area contributed by atoms with Crippen molar-refractivity contribution in [3.8, 4) is 0 Å². The van der Waals surface area contributed by atoms with Gasteiger partial charge in [-0.3, -0.25) is 4.79 Å². The molecule has 2 rings (SSSR count). The summed E-state index contributed by atoms with van der Waals surface area (Å²) in [7, 11) is 0. The van der Waals surface area contributed by atoms with E-state index in [0.29, 0.717) is 18.8 Å². The lowest BCUT2D eigenvalue weighted by Gasteiger charge is -2.37. The highest BCUT2D eigenvalue weighted by molar-refractivity contribution is 6.00. The van der Waals surface area contributed by atoms with Gasteiger partial charge in [-0.1, -0.05) is 13.3 Å². The fraction of sp³-hybridized carbons (Fsp3) is 0.533. The van der Waals surface area contributed by atoms with Crippen molar-refractivity contribution in [1.82, 2.24) is 10.3 Å². The van der Waals surface area contributed by atoms with Crippen LogP contribution in [0.1, 0.15) is 49.5 Å². The highest BCUT2D eigenvalue weighted by Crippen LogP contribution is 2.34. The molecule has 114 valence electrons. The zero-order valence-corrected chi connectivity index (χ0v) is 12.1. The van der Waals surface area contributed by atoms with Gasteiger partial charge in [0.2, 0.25) is 0 Å². The third kappa shape index (κ3) is 3.15. The lowest BCUT2D eigenvalue weighted by Crippen LogP contribution is -2.56. The summed E-state index contributed by atoms with van der Waals surface area (Å²) in [4.78, 5) is 27.9. The molecule has 1 aliphatic carbocycles. The first kappa shape index (κ1) is 15.3. The van der Waals surface area contributed by atoms with Crippen LogP contribution in [0.3, 0.4) is 0 Å². The van der Waals surface area contributed by atoms with Crippen LogP contribution in [0.2, 0.25) is 0 Å². The predicted octanol–water partition coefficient (Wildman–Crippen LogP) is 1.82. The van der Waals surface area contributed by atoms with E-state index in [1.165, 1.54) is 6.20 Å². The van der Waals surface area contributed by atoms with Crippen molar-refractivity contribution in [3.63, 3.8) is 0 Å². The number of pyridine rings is 1. The van der Waals surface area contributed by atoms with Crippen LogP contribution in [-0.4, -0.2) is 27.5 Å². The molecule has 4 N–H and O–H groups in total. The van der Waals surface area contributed by atoms with Gasteiger partial charge in [-0.15, -0.1) is 0 Å². The number of anilines is 1. The lowest BCUT2D eigenvalue weighted by molar-refractivity contribution is -0.146. The van der Waals surface area contributed by atoms with Gasteiger partial charge in [-0.05, 0) is 43.7 Å². The second-order valence-corrected chi connectivity index (χ2v) is 5.63. The molecule has 0 aromatic carbocycles. The average Bonchev–Trinajstić information content (AvgIpc) is 2.48. The predicted molar refractivity (Wildman–Crippen MR) is 78.7 cm³/mol. The van der Waals surface area contributed by atoms with Crippen LogP contribution in [0, 0.1) is 5.92 Å². The summed E-state index contributed by atoms with van der Waals surface area (Å²) < 4.78 is 0. The van der Waals surface area contributed by atoms with Crippen molar-refractivity contribution in [1.29, 1.82) is 0 Å². The Kier molecular flexibility index (Phi) is 4.45. The number of carboxylic acid groups (broad SMARTS) is 1. The van der Waals surface area contributed by atoms with Crippen LogP contribution in [0.5, 0.6) is 0 Å². The first-order valence-electron chi connectivity index (χ1n) is 7.25. The van der Waals surface area contributed by atoms with E-state index in [0.717, 1.165) is 19.3 Å². The van der Waals surface area contributed by atoms with Crippen molar-refractivity contribution < 1.29 is 14.7 Å². The van der Waals surface area contributed by atoms with Crippen molar-refractivity contribution in [3.05, 3.63) is 24.0 Å². The van der Waals surface area contributed by atoms with E-state index < -0.39 is 17.4 Å². The van der Waals surface area contributed by atoms with E-state index >= 15 is 0 Å². The second kappa shape index (κ2) is 6.11. The molecule has 0 radical (unpaired) electrons. The standard InChI is InChI=1S/C15H21N3O3/c1-2-10-5-7-15(8-6-10,14(20)21)18-13(19)12-11(16)4-3-9-17-12/h3-4,9-10H,2,5-8,16H2,1H3,(H,18,19)(H,20,21). The topological polar surface area (TPSA) is 105 Å². The number of carbonyl (C=O) groups excluding carboxylic acids is 1. The molecule has 1 saturated carbocycles. The molecule has 1 amide bonds. The maximum atomic E-state index is 12.3. The Labute approximate surface area is 123 Å². The third-order valence-corrected chi connectivity index (χ3v) is 4.35. The summed E-state index contributed by atoms with van der Waals surface area (Å²) in [6, 6.07) is 3.20. The molecule has 0 atom stereocenters. The van der Waals surface area contributed by atoms with Gasteiger partial charge < -0.3 is 16.2 Å². The van der Waals surface area contributed by atoms with Gasteiger partial charge in [0.25, 0.3) is 5.91 Å². The Morgan fingerprint density at radius 1 is 1.48 bits per heavy atom. The smallest absolute Gasteiger partial charge is 0.329 e. The SMILES string of the molecule is CCC1CCC(NC(=O)c2ncccc2N)(C(=O)O)CC1. The molecule has 1 aromatic rings. The van der Waals surface area contributed by atoms with E-state index in [9.17, 15) is 14.7 Å². The molecule has 1 aromatic heterocycles. The molecule has 1 heterocycles. The Morgan fingerprint density at radius 2 is 2.14 bits per heavy atom. The van der Waals surface area contributed by atoms with Crippen LogP contribution >= 0.6 is 0 Å². The molecule has 6 nitrogen and oxygen atoms in total. The molecule has 6 heteroatoms. The number of hydrogen-bond donors (Lipinski definition) is 3. The van der Waals surface area contributed by atoms with Crippen LogP contribution < -0.4 is 11.1 Å². The number of rotatable bonds is 4. The Bertz CT molecular complexity index is 537. The minimum absolute atomic E-state index is 0.0794. The number of nitrogens with zero attached hydrogens (tertiary/aromatic N) is 1. The summed E-state index contributed by atoms with van der Waals surface area (Å²) in [5.74, 6) is -0.973. The molecular weight excluding hydrogens is 270 g/mol. The first-order valence-corrected chi connectivity index (χ1v) is 7.25. The molecule has 0 unspecified atom stereocenters. The number of nitrogens with two attached hydrogens (primary N) is 1. The number of nitrogens with one attached hydrogen (secondary N) is 1. The van der Waals surface area contributed by atoms with Crippen LogP contribution in [0.15, 0.2) is 18.3 Å². The summed E-state index contributed by atoms with van der Waals surface area (Å²) in [5.41, 5.74) is 4.84. The number of hydrogen-bond acceptors (Lipinski definition) is 4. The summed E-state index contributed by atoms with van der Waals surface area (Å²) >= 11 is 0. The van der Waals surface area contributed by atoms with Gasteiger partial charge in [0, 0.05) is 6.20 Å². The van der Waals surface area contributed by atoms with Gasteiger partial charge in [0.1, 0.15) is 5.54 Å². The fourth-order valence-corrected chi connectivity index (χ4v) is 2.85. The molecule has 0 spiro atoms. The largest absolute Gasteiger partial charge is 0.480 e. The number of carboxylic acids is 1. The van der Waals surface area contributed by atoms with Crippen LogP contribution in [0.4, 0.5) is 5.69 Å². The second-order valence-electron chi connectivity index (χ2n) is 5.63. The van der Waals surface area contributed by atoms with Crippen molar-refractivity contribution in [2.24, 2.45) is 5.92 Å². The summed E-state index contributed by atoms with van der Waals surface area (Å²) in [5, 5.41) is 12.2. The Balaban J connectivity index is 2.16. The first-order chi connectivity index (χ1) is 9.98. The van der Waals surface area contributed by atoms with Gasteiger partial charge in [-0.25, -0.2) is 9.78 Å². The molecule has 21 heavy (non-hydrogen) atoms. The maximum absolute atomic E-state index is 12.3. The number of aromatic nitrogens is 1. The lowest BCUT2D eigenvalue weighted by atomic mass is 9.75. The highest BCUT2D eigenvalue weighted by Gasteiger charge is 2.43. The molecule has 1 aliphatic rings. The van der Waals surface area contributed by atoms with E-state index in [1.807, 2.05) is 0 Å². The van der Waals surface area contributed by atoms with E-state index in [1.54, 1.807) is 12.1 Å². The quantitative estimate of drug-likeness (QED) is 0.784. The zero-order valence-electron chi connectivity index (χ0n) is 12.1. The number of nitrogen functional groups attached to an aromatic ring is 1. The van der Waals surface area contributed by atoms with E-state index in [2.05, 4.69) is 17.2 Å². The van der Waals surface area contributed by atoms with Crippen LogP contribution in [0.25, 0.3) is 0 Å². The summed E-state index contributed by atoms with van der Waals surface area (Å²) in [6.45, 7) is 2.10. The fourth-order valence-electron chi connectivity index (χ4n) is 2.85. The molecule has 0 saturated heterocycles. The van der Waals surface area contributed by atoms with Crippen molar-refractivity contribution in [2.45, 2.75) is 44.6 Å². The molecule has 0 aliphatic heterocycles. The van der Waals surface area contributed by atoms with Gasteiger partial charge in [0.05, 0.1) is 5.69 Å². The zero-order chi connectivity index (χ0) is 15.5. The van der Waals surface area contributed by atoms with Gasteiger partial charge >= 0.3 is 5.97 Å². The maximum Gasteiger partial charge on any atom is 0.329 e. The average molecular weight is 291 g/mol. The third-order valence-electron chi connectivity index (χ3n) is 4.35. The number of carbonyl (C=O) groups is 2. The monoisotopic (exact) mass is 291 g/mol. The minimum atomic E-state index is -1.20. The Morgan fingerprint density at radius 3 is 2.67 bits per heavy atom. The molecule has 0 bridgehead atoms. The minimum Gasteiger partial charge on any atom is -0.480 e. The van der Waals surface area contributed by atoms with Crippen molar-refractivity contribution in [2.75, 3.05) is 5.73 Å². The Hall–Kier alpha value is -2.11. The highest BCUT2D eigenvalue weighted by atomic mass is 16.4. The van der Waals surface area contributed by atoms with E-state index in [4.69, 9.17) is 5.73 Å². The molecular formula is C15H21N3O3. The normalized spacial score (nSPS) is 25.3. The number of amides is 1. The van der Waals surface area contributed by atoms with Gasteiger partial charge in [0.15, 0.2) is 5.69 Å². The van der Waals surface area contributed by atoms with Gasteiger partial charge in [-0.2, -0.15) is 0 Å². The summed E-state index contributed by atoms with van der Waals surface area (Å²) in [6.07, 6.45) is 5.00. The van der Waals surface area contributed by atoms with Crippen molar-refractivity contribution >= 4 is 17.6 Å². The van der Waals surface area contributed by atoms with E-state index in [-0.39, 0.29) is 11.4 Å². The van der Waals surface area contributed by atoms with Crippen LogP contribution in [-0.2, 0) is 4.79 Å².